The molecule has 2 aliphatic rings. The predicted octanol–water partition coefficient (Wildman–Crippen LogP) is -0.970. The number of fused-ring (bicyclic) bond motifs is 1. The van der Waals surface area contributed by atoms with Crippen molar-refractivity contribution in [2.24, 2.45) is 11.7 Å². The normalized spacial score (nSPS) is 42.0. The lowest BCUT2D eigenvalue weighted by atomic mass is 9.72. The molecule has 74 valence electrons. The minimum Gasteiger partial charge on any atom is -0.376 e. The van der Waals surface area contributed by atoms with Gasteiger partial charge in [0.25, 0.3) is 0 Å². The smallest absolute Gasteiger partial charge is 0.314 e. The van der Waals surface area contributed by atoms with Crippen LogP contribution in [-0.4, -0.2) is 37.9 Å². The second-order valence-corrected chi connectivity index (χ2v) is 3.61. The van der Waals surface area contributed by atoms with Gasteiger partial charge in [0, 0.05) is 25.6 Å². The molecule has 2 amide bonds. The van der Waals surface area contributed by atoms with Gasteiger partial charge in [-0.05, 0) is 6.42 Å². The van der Waals surface area contributed by atoms with Crippen LogP contribution in [0.1, 0.15) is 6.42 Å². The average molecular weight is 185 g/mol. The van der Waals surface area contributed by atoms with Crippen molar-refractivity contribution in [2.75, 3.05) is 13.7 Å². The summed E-state index contributed by atoms with van der Waals surface area (Å²) in [5.41, 5.74) is 5.89. The van der Waals surface area contributed by atoms with Gasteiger partial charge in [-0.15, -0.1) is 0 Å². The van der Waals surface area contributed by atoms with E-state index in [9.17, 15) is 4.79 Å². The van der Waals surface area contributed by atoms with Crippen molar-refractivity contribution >= 4 is 6.03 Å². The summed E-state index contributed by atoms with van der Waals surface area (Å²) in [6.07, 6.45) is 1.17. The Balaban J connectivity index is 1.90. The van der Waals surface area contributed by atoms with Crippen LogP contribution in [0.3, 0.4) is 0 Å². The summed E-state index contributed by atoms with van der Waals surface area (Å²) in [7, 11) is 1.59. The Kier molecular flexibility index (Phi) is 2.13. The third-order valence-electron chi connectivity index (χ3n) is 2.97. The first-order valence-electron chi connectivity index (χ1n) is 4.59. The number of hydrogen-bond acceptors (Lipinski definition) is 3. The molecule has 1 aliphatic carbocycles. The quantitative estimate of drug-likeness (QED) is 0.492. The van der Waals surface area contributed by atoms with Crippen LogP contribution in [-0.2, 0) is 4.74 Å². The third-order valence-corrected chi connectivity index (χ3v) is 2.97. The molecule has 0 spiro atoms. The van der Waals surface area contributed by atoms with Crippen LogP contribution in [0.15, 0.2) is 0 Å². The van der Waals surface area contributed by atoms with Crippen molar-refractivity contribution in [1.82, 2.24) is 10.6 Å². The first-order chi connectivity index (χ1) is 6.24. The number of nitrogens with one attached hydrogen (secondary N) is 2. The van der Waals surface area contributed by atoms with E-state index in [2.05, 4.69) is 10.6 Å². The zero-order chi connectivity index (χ0) is 9.42. The van der Waals surface area contributed by atoms with Crippen molar-refractivity contribution in [1.29, 1.82) is 0 Å². The van der Waals surface area contributed by atoms with Crippen LogP contribution in [0, 0.1) is 5.92 Å². The lowest BCUT2D eigenvalue weighted by molar-refractivity contribution is -0.0134. The molecular formula is C8H15N3O2. The topological polar surface area (TPSA) is 76.4 Å². The minimum absolute atomic E-state index is 0.00699. The molecule has 2 rings (SSSR count). The predicted molar refractivity (Wildman–Crippen MR) is 47.2 cm³/mol. The largest absolute Gasteiger partial charge is 0.376 e. The highest BCUT2D eigenvalue weighted by Crippen LogP contribution is 2.37. The fourth-order valence-corrected chi connectivity index (χ4v) is 2.15. The molecule has 1 saturated carbocycles. The van der Waals surface area contributed by atoms with E-state index in [0.29, 0.717) is 5.92 Å². The van der Waals surface area contributed by atoms with Crippen LogP contribution in [0.2, 0.25) is 0 Å². The number of rotatable bonds is 1. The Morgan fingerprint density at radius 2 is 2.38 bits per heavy atom. The van der Waals surface area contributed by atoms with Gasteiger partial charge in [0.05, 0.1) is 12.1 Å². The van der Waals surface area contributed by atoms with Crippen LogP contribution in [0.25, 0.3) is 0 Å². The van der Waals surface area contributed by atoms with Gasteiger partial charge in [-0.1, -0.05) is 0 Å². The van der Waals surface area contributed by atoms with Gasteiger partial charge in [0.2, 0.25) is 0 Å². The molecular weight excluding hydrogens is 170 g/mol. The Morgan fingerprint density at radius 3 is 3.08 bits per heavy atom. The summed E-state index contributed by atoms with van der Waals surface area (Å²) in [5.74, 6) is 0.446. The van der Waals surface area contributed by atoms with Gasteiger partial charge < -0.3 is 21.1 Å². The number of carbonyl (C=O) groups excluding carboxylic acids is 1. The summed E-state index contributed by atoms with van der Waals surface area (Å²) in [5, 5.41) is 5.29. The molecule has 0 aromatic rings. The third kappa shape index (κ3) is 1.28. The van der Waals surface area contributed by atoms with Crippen molar-refractivity contribution in [3.63, 3.8) is 0 Å². The molecule has 1 aliphatic heterocycles. The maximum atomic E-state index is 11.0. The zero-order valence-corrected chi connectivity index (χ0v) is 7.62. The molecule has 4 atom stereocenters. The number of carbonyl (C=O) groups is 1. The van der Waals surface area contributed by atoms with Gasteiger partial charge in [0.15, 0.2) is 0 Å². The molecule has 4 unspecified atom stereocenters. The number of hydrogen-bond donors (Lipinski definition) is 3. The van der Waals surface area contributed by atoms with Crippen molar-refractivity contribution < 1.29 is 9.53 Å². The lowest BCUT2D eigenvalue weighted by Gasteiger charge is -2.45. The van der Waals surface area contributed by atoms with Crippen molar-refractivity contribution in [3.05, 3.63) is 0 Å². The van der Waals surface area contributed by atoms with Crippen molar-refractivity contribution in [3.8, 4) is 0 Å². The molecule has 0 aromatic heterocycles. The SMILES string of the molecule is CNC(=O)NC1C(N)C2CCOC21. The maximum absolute atomic E-state index is 11.0. The molecule has 2 fully saturated rings. The molecule has 0 radical (unpaired) electrons. The fourth-order valence-electron chi connectivity index (χ4n) is 2.15. The molecule has 13 heavy (non-hydrogen) atoms. The highest BCUT2D eigenvalue weighted by atomic mass is 16.5. The molecule has 5 nitrogen and oxygen atoms in total. The van der Waals surface area contributed by atoms with E-state index in [4.69, 9.17) is 10.5 Å². The molecule has 1 saturated heterocycles. The first kappa shape index (κ1) is 8.77. The van der Waals surface area contributed by atoms with Crippen LogP contribution in [0.5, 0.6) is 0 Å². The highest BCUT2D eigenvalue weighted by molar-refractivity contribution is 5.74. The summed E-state index contributed by atoms with van der Waals surface area (Å²) < 4.78 is 5.46. The minimum atomic E-state index is -0.186. The van der Waals surface area contributed by atoms with Crippen LogP contribution in [0.4, 0.5) is 4.79 Å². The van der Waals surface area contributed by atoms with Gasteiger partial charge in [-0.25, -0.2) is 4.79 Å². The van der Waals surface area contributed by atoms with Gasteiger partial charge in [0.1, 0.15) is 0 Å². The summed E-state index contributed by atoms with van der Waals surface area (Å²) in [6.45, 7) is 0.773. The lowest BCUT2D eigenvalue weighted by Crippen LogP contribution is -2.69. The van der Waals surface area contributed by atoms with Gasteiger partial charge >= 0.3 is 6.03 Å². The Hall–Kier alpha value is -0.810. The first-order valence-corrected chi connectivity index (χ1v) is 4.59. The second-order valence-electron chi connectivity index (χ2n) is 3.61. The molecule has 1 heterocycles. The van der Waals surface area contributed by atoms with E-state index < -0.39 is 0 Å². The van der Waals surface area contributed by atoms with E-state index in [1.807, 2.05) is 0 Å². The van der Waals surface area contributed by atoms with Crippen LogP contribution >= 0.6 is 0 Å². The number of urea groups is 1. The Labute approximate surface area is 77.0 Å². The number of amides is 2. The summed E-state index contributed by atoms with van der Waals surface area (Å²) in [6, 6.07) is -0.133. The maximum Gasteiger partial charge on any atom is 0.314 e. The van der Waals surface area contributed by atoms with Gasteiger partial charge in [-0.2, -0.15) is 0 Å². The number of nitrogens with two attached hydrogens (primary N) is 1. The van der Waals surface area contributed by atoms with Crippen molar-refractivity contribution in [2.45, 2.75) is 24.6 Å². The summed E-state index contributed by atoms with van der Waals surface area (Å²) in [4.78, 5) is 11.0. The second kappa shape index (κ2) is 3.16. The summed E-state index contributed by atoms with van der Waals surface area (Å²) >= 11 is 0. The number of ether oxygens (including phenoxy) is 1. The standard InChI is InChI=1S/C8H15N3O2/c1-10-8(12)11-6-5(9)4-2-3-13-7(4)6/h4-7H,2-3,9H2,1H3,(H2,10,11,12). The molecule has 5 heteroatoms. The fraction of sp³-hybridized carbons (Fsp3) is 0.875. The molecule has 0 aromatic carbocycles. The monoisotopic (exact) mass is 185 g/mol. The van der Waals surface area contributed by atoms with E-state index >= 15 is 0 Å². The van der Waals surface area contributed by atoms with E-state index in [1.54, 1.807) is 7.05 Å². The Bertz CT molecular complexity index is 221. The molecule has 4 N–H and O–H groups in total. The van der Waals surface area contributed by atoms with E-state index in [1.165, 1.54) is 0 Å². The zero-order valence-electron chi connectivity index (χ0n) is 7.62. The average Bonchev–Trinajstić information content (AvgIpc) is 2.58. The van der Waals surface area contributed by atoms with E-state index in [0.717, 1.165) is 13.0 Å². The molecule has 0 bridgehead atoms. The highest BCUT2D eigenvalue weighted by Gasteiger charge is 2.52. The van der Waals surface area contributed by atoms with Gasteiger partial charge in [-0.3, -0.25) is 0 Å². The van der Waals surface area contributed by atoms with E-state index in [-0.39, 0.29) is 24.2 Å². The van der Waals surface area contributed by atoms with Crippen LogP contribution < -0.4 is 16.4 Å². The Morgan fingerprint density at radius 1 is 1.62 bits per heavy atom.